The zero-order valence-corrected chi connectivity index (χ0v) is 30.2. The van der Waals surface area contributed by atoms with Gasteiger partial charge >= 0.3 is 18.4 Å². The molecule has 3 rings (SSSR count). The molecule has 1 N–H and O–H groups in total. The number of nitrogens with zero attached hydrogens (tertiary/aromatic N) is 4. The average molecular weight is 694 g/mol. The predicted molar refractivity (Wildman–Crippen MR) is 182 cm³/mol. The summed E-state index contributed by atoms with van der Waals surface area (Å²) in [4.78, 5) is 35.4. The lowest BCUT2D eigenvalue weighted by molar-refractivity contribution is -0.138. The van der Waals surface area contributed by atoms with Gasteiger partial charge < -0.3 is 18.9 Å². The molecule has 2 heterocycles. The maximum Gasteiger partial charge on any atom is 0.437 e. The highest BCUT2D eigenvalue weighted by atomic mass is 19.4. The van der Waals surface area contributed by atoms with Crippen molar-refractivity contribution in [2.24, 2.45) is 4.99 Å². The summed E-state index contributed by atoms with van der Waals surface area (Å²) in [5.74, 6) is -0.0970. The van der Waals surface area contributed by atoms with Gasteiger partial charge in [0.05, 0.1) is 11.5 Å². The van der Waals surface area contributed by atoms with Crippen molar-refractivity contribution in [1.29, 1.82) is 0 Å². The summed E-state index contributed by atoms with van der Waals surface area (Å²) in [5.41, 5.74) is -1.80. The number of likely N-dealkylation sites (tertiary alicyclic amines) is 1. The summed E-state index contributed by atoms with van der Waals surface area (Å²) in [6, 6.07) is 4.22. The molecule has 1 aliphatic rings. The number of benzene rings is 1. The zero-order valence-electron chi connectivity index (χ0n) is 30.2. The maximum atomic E-state index is 14.1. The third-order valence-electron chi connectivity index (χ3n) is 7.94. The summed E-state index contributed by atoms with van der Waals surface area (Å²) in [6.07, 6.45) is 5.26. The molecular weight excluding hydrogens is 639 g/mol. The average Bonchev–Trinajstić information content (AvgIpc) is 3.48. The number of alkyl halides is 3. The van der Waals surface area contributed by atoms with Crippen molar-refractivity contribution >= 4 is 18.1 Å². The van der Waals surface area contributed by atoms with Gasteiger partial charge in [0.25, 0.3) is 0 Å². The minimum atomic E-state index is -4.52. The number of hydrogen-bond donors (Lipinski definition) is 1. The largest absolute Gasteiger partial charge is 0.444 e. The summed E-state index contributed by atoms with van der Waals surface area (Å²) >= 11 is 0. The van der Waals surface area contributed by atoms with E-state index in [-0.39, 0.29) is 41.3 Å². The van der Waals surface area contributed by atoms with Gasteiger partial charge in [0.2, 0.25) is 17.7 Å². The molecule has 1 fully saturated rings. The second-order valence-corrected chi connectivity index (χ2v) is 14.7. The predicted octanol–water partition coefficient (Wildman–Crippen LogP) is 9.82. The molecule has 13 heteroatoms. The van der Waals surface area contributed by atoms with Gasteiger partial charge in [-0.25, -0.2) is 9.59 Å². The Hall–Kier alpha value is -3.64. The highest BCUT2D eigenvalue weighted by Crippen LogP contribution is 2.36. The summed E-state index contributed by atoms with van der Waals surface area (Å²) in [7, 11) is 0. The van der Waals surface area contributed by atoms with Crippen molar-refractivity contribution < 1.29 is 36.8 Å². The Labute approximate surface area is 288 Å². The molecule has 0 bridgehead atoms. The SMILES string of the molecule is CCCCCCCCCCCc1ccc(-c2noc([C@@H]3CCCN(C(=NC(=O)OC(C)(C)C)NC(=O)OC(C)(C)C)C3)n2)cc1C(F)(F)F. The van der Waals surface area contributed by atoms with Crippen molar-refractivity contribution in [2.45, 2.75) is 149 Å². The Morgan fingerprint density at radius 3 is 2.20 bits per heavy atom. The lowest BCUT2D eigenvalue weighted by atomic mass is 9.97. The third-order valence-corrected chi connectivity index (χ3v) is 7.94. The van der Waals surface area contributed by atoms with Crippen molar-refractivity contribution in [3.63, 3.8) is 0 Å². The first kappa shape index (κ1) is 39.8. The number of guanidine groups is 1. The number of aryl methyl sites for hydroxylation is 1. The number of nitrogens with one attached hydrogen (secondary N) is 1. The van der Waals surface area contributed by atoms with Crippen LogP contribution in [-0.4, -0.2) is 57.5 Å². The van der Waals surface area contributed by atoms with E-state index in [1.165, 1.54) is 38.2 Å². The number of carbonyl (C=O) groups is 2. The van der Waals surface area contributed by atoms with E-state index in [0.717, 1.165) is 25.3 Å². The quantitative estimate of drug-likeness (QED) is 0.133. The molecule has 1 aromatic heterocycles. The Balaban J connectivity index is 1.72. The van der Waals surface area contributed by atoms with Crippen molar-refractivity contribution in [3.8, 4) is 11.4 Å². The molecule has 1 saturated heterocycles. The lowest BCUT2D eigenvalue weighted by Crippen LogP contribution is -2.49. The van der Waals surface area contributed by atoms with Crippen molar-refractivity contribution in [3.05, 3.63) is 35.2 Å². The number of rotatable bonds is 12. The van der Waals surface area contributed by atoms with Crippen LogP contribution >= 0.6 is 0 Å². The monoisotopic (exact) mass is 693 g/mol. The van der Waals surface area contributed by atoms with Crippen LogP contribution in [-0.2, 0) is 22.1 Å². The van der Waals surface area contributed by atoms with Gasteiger partial charge in [0.1, 0.15) is 11.2 Å². The summed E-state index contributed by atoms with van der Waals surface area (Å²) < 4.78 is 58.7. The Bertz CT molecular complexity index is 1390. The number of halogens is 3. The van der Waals surface area contributed by atoms with E-state index in [0.29, 0.717) is 32.2 Å². The zero-order chi connectivity index (χ0) is 36.2. The van der Waals surface area contributed by atoms with Crippen LogP contribution in [0.15, 0.2) is 27.7 Å². The number of amides is 2. The highest BCUT2D eigenvalue weighted by molar-refractivity contribution is 5.99. The minimum absolute atomic E-state index is 0.0506. The number of hydrogen-bond acceptors (Lipinski definition) is 7. The van der Waals surface area contributed by atoms with E-state index in [1.807, 2.05) is 0 Å². The maximum absolute atomic E-state index is 14.1. The second-order valence-electron chi connectivity index (χ2n) is 14.7. The van der Waals surface area contributed by atoms with E-state index >= 15 is 0 Å². The minimum Gasteiger partial charge on any atom is -0.444 e. The molecule has 274 valence electrons. The van der Waals surface area contributed by atoms with Gasteiger partial charge in [0, 0.05) is 18.7 Å². The highest BCUT2D eigenvalue weighted by Gasteiger charge is 2.35. The fraction of sp³-hybridized carbons (Fsp3) is 0.694. The van der Waals surface area contributed by atoms with Crippen LogP contribution in [0.1, 0.15) is 142 Å². The molecule has 0 radical (unpaired) electrons. The molecule has 0 aliphatic carbocycles. The van der Waals surface area contributed by atoms with E-state index in [2.05, 4.69) is 27.4 Å². The van der Waals surface area contributed by atoms with Gasteiger partial charge in [-0.2, -0.15) is 18.2 Å². The van der Waals surface area contributed by atoms with Gasteiger partial charge in [-0.1, -0.05) is 75.6 Å². The second kappa shape index (κ2) is 17.8. The molecule has 2 amide bonds. The number of aromatic nitrogens is 2. The lowest BCUT2D eigenvalue weighted by Gasteiger charge is -2.33. The topological polar surface area (TPSA) is 119 Å². The molecule has 0 saturated carbocycles. The molecular formula is C36H54F3N5O5. The van der Waals surface area contributed by atoms with Gasteiger partial charge in [-0.05, 0) is 78.9 Å². The van der Waals surface area contributed by atoms with E-state index < -0.39 is 35.1 Å². The molecule has 1 atom stereocenters. The van der Waals surface area contributed by atoms with E-state index in [1.54, 1.807) is 52.5 Å². The molecule has 10 nitrogen and oxygen atoms in total. The number of unbranched alkanes of at least 4 members (excludes halogenated alkanes) is 8. The first-order valence-corrected chi connectivity index (χ1v) is 17.6. The first-order valence-electron chi connectivity index (χ1n) is 17.6. The Morgan fingerprint density at radius 2 is 1.59 bits per heavy atom. The Kier molecular flexibility index (Phi) is 14.5. The molecule has 0 spiro atoms. The smallest absolute Gasteiger partial charge is 0.437 e. The van der Waals surface area contributed by atoms with Gasteiger partial charge in [0.15, 0.2) is 0 Å². The molecule has 2 aromatic rings. The van der Waals surface area contributed by atoms with Crippen LogP contribution in [0, 0.1) is 0 Å². The van der Waals surface area contributed by atoms with Crippen LogP contribution in [0.3, 0.4) is 0 Å². The standard InChI is InChI=1S/C36H54F3N5O5/c1-8-9-10-11-12-13-14-15-16-18-25-20-21-26(23-28(25)36(37,38)39)29-40-30(49-43-29)27-19-17-22-44(24-27)31(41-32(45)47-34(2,3)4)42-33(46)48-35(5,6)7/h20-21,23,27H,8-19,22,24H2,1-7H3,(H,41,42,45,46)/t27-/m1/s1. The van der Waals surface area contributed by atoms with E-state index in [9.17, 15) is 22.8 Å². The van der Waals surface area contributed by atoms with Crippen LogP contribution in [0.2, 0.25) is 0 Å². The molecule has 49 heavy (non-hydrogen) atoms. The van der Waals surface area contributed by atoms with Gasteiger partial charge in [-0.15, -0.1) is 4.99 Å². The van der Waals surface area contributed by atoms with E-state index in [4.69, 9.17) is 14.0 Å². The number of aliphatic imine (C=N–C) groups is 1. The fourth-order valence-electron chi connectivity index (χ4n) is 5.66. The first-order chi connectivity index (χ1) is 22.9. The normalized spacial score (nSPS) is 16.1. The number of alkyl carbamates (subject to hydrolysis) is 1. The number of carbonyl (C=O) groups excluding carboxylic acids is 2. The number of piperidine rings is 1. The Morgan fingerprint density at radius 1 is 0.959 bits per heavy atom. The summed E-state index contributed by atoms with van der Waals surface area (Å²) in [6.45, 7) is 13.1. The molecule has 1 aromatic carbocycles. The summed E-state index contributed by atoms with van der Waals surface area (Å²) in [5, 5.41) is 6.58. The van der Waals surface area contributed by atoms with Gasteiger partial charge in [-0.3, -0.25) is 5.32 Å². The third kappa shape index (κ3) is 14.0. The fourth-order valence-corrected chi connectivity index (χ4v) is 5.66. The number of ether oxygens (including phenoxy) is 2. The van der Waals surface area contributed by atoms with Crippen molar-refractivity contribution in [1.82, 2.24) is 20.4 Å². The van der Waals surface area contributed by atoms with Crippen LogP contribution in [0.5, 0.6) is 0 Å². The molecule has 1 aliphatic heterocycles. The molecule has 0 unspecified atom stereocenters. The van der Waals surface area contributed by atoms with Crippen LogP contribution < -0.4 is 5.32 Å². The van der Waals surface area contributed by atoms with Crippen LogP contribution in [0.25, 0.3) is 11.4 Å². The van der Waals surface area contributed by atoms with Crippen LogP contribution in [0.4, 0.5) is 22.8 Å². The van der Waals surface area contributed by atoms with Crippen molar-refractivity contribution in [2.75, 3.05) is 13.1 Å².